The second kappa shape index (κ2) is 9.49. The largest absolute Gasteiger partial charge is 1.00 e. The number of hydrogen-bond donors (Lipinski definition) is 1. The summed E-state index contributed by atoms with van der Waals surface area (Å²) >= 11 is 0. The van der Waals surface area contributed by atoms with Gasteiger partial charge < -0.3 is 22.0 Å². The van der Waals surface area contributed by atoms with Gasteiger partial charge in [-0.1, -0.05) is 96.9 Å². The van der Waals surface area contributed by atoms with Crippen LogP contribution in [-0.2, 0) is 12.1 Å². The lowest BCUT2D eigenvalue weighted by molar-refractivity contribution is -0.941. The van der Waals surface area contributed by atoms with Crippen LogP contribution >= 0.6 is 0 Å². The molecule has 0 fully saturated rings. The van der Waals surface area contributed by atoms with E-state index in [2.05, 4.69) is 64.0 Å². The molecule has 0 spiro atoms. The molecule has 156 valence electrons. The molecule has 0 aliphatic carbocycles. The molecule has 0 heterocycles. The zero-order valence-corrected chi connectivity index (χ0v) is 18.9. The molecule has 0 unspecified atom stereocenters. The number of benzene rings is 3. The van der Waals surface area contributed by atoms with Crippen LogP contribution in [0.1, 0.15) is 30.5 Å². The summed E-state index contributed by atoms with van der Waals surface area (Å²) in [5.41, 5.74) is 1.11. The molecule has 0 bridgehead atoms. The molecule has 0 saturated carbocycles. The first-order valence-electron chi connectivity index (χ1n) is 9.99. The average Bonchev–Trinajstić information content (AvgIpc) is 2.73. The van der Waals surface area contributed by atoms with Crippen LogP contribution in [-0.4, -0.2) is 29.2 Å². The van der Waals surface area contributed by atoms with Crippen LogP contribution < -0.4 is 12.4 Å². The number of nitrogens with zero attached hydrogens (tertiary/aromatic N) is 1. The molecule has 1 N–H and O–H groups in total. The second-order valence-electron chi connectivity index (χ2n) is 8.58. The smallest absolute Gasteiger partial charge is 0.177 e. The summed E-state index contributed by atoms with van der Waals surface area (Å²) in [5, 5.41) is 11.7. The van der Waals surface area contributed by atoms with Crippen molar-refractivity contribution in [3.63, 3.8) is 0 Å². The first-order chi connectivity index (χ1) is 13.7. The standard InChI is InChI=1S/C27H30NO.ClH/c1-26(2,28(3,4)22-23-14-8-5-9-15-23)20-21-27(29,24-16-10-6-11-17-24)25-18-12-7-13-19-25;/h5-19,29H,22H2,1-4H3;1H/q+1;/p-1. The fourth-order valence-corrected chi connectivity index (χ4v) is 3.30. The monoisotopic (exact) mass is 419 g/mol. The Morgan fingerprint density at radius 2 is 1.10 bits per heavy atom. The van der Waals surface area contributed by atoms with Crippen molar-refractivity contribution in [2.24, 2.45) is 0 Å². The van der Waals surface area contributed by atoms with E-state index in [-0.39, 0.29) is 17.9 Å². The van der Waals surface area contributed by atoms with Gasteiger partial charge in [-0.25, -0.2) is 0 Å². The van der Waals surface area contributed by atoms with Gasteiger partial charge in [0.15, 0.2) is 11.1 Å². The Morgan fingerprint density at radius 3 is 1.53 bits per heavy atom. The second-order valence-corrected chi connectivity index (χ2v) is 8.58. The number of halogens is 1. The van der Waals surface area contributed by atoms with Crippen LogP contribution in [0, 0.1) is 11.8 Å². The van der Waals surface area contributed by atoms with Crippen LogP contribution in [0.5, 0.6) is 0 Å². The van der Waals surface area contributed by atoms with E-state index in [4.69, 9.17) is 0 Å². The summed E-state index contributed by atoms with van der Waals surface area (Å²) in [6, 6.07) is 29.8. The van der Waals surface area contributed by atoms with E-state index in [0.717, 1.165) is 17.7 Å². The summed E-state index contributed by atoms with van der Waals surface area (Å²) in [6.45, 7) is 5.14. The van der Waals surface area contributed by atoms with E-state index in [0.29, 0.717) is 4.48 Å². The Balaban J connectivity index is 0.00000320. The molecular weight excluding hydrogens is 390 g/mol. The molecule has 0 radical (unpaired) electrons. The highest BCUT2D eigenvalue weighted by atomic mass is 35.5. The maximum absolute atomic E-state index is 11.7. The number of aliphatic hydroxyl groups is 1. The minimum Gasteiger partial charge on any atom is -1.00 e. The fourth-order valence-electron chi connectivity index (χ4n) is 3.30. The van der Waals surface area contributed by atoms with Crippen molar-refractivity contribution in [2.75, 3.05) is 14.1 Å². The lowest BCUT2D eigenvalue weighted by Gasteiger charge is -2.41. The highest BCUT2D eigenvalue weighted by Gasteiger charge is 2.37. The molecular formula is C27H30ClNO. The average molecular weight is 420 g/mol. The summed E-state index contributed by atoms with van der Waals surface area (Å²) in [5.74, 6) is 6.68. The molecule has 2 nitrogen and oxygen atoms in total. The van der Waals surface area contributed by atoms with Gasteiger partial charge in [0, 0.05) is 30.5 Å². The Hall–Kier alpha value is -2.57. The molecule has 0 aliphatic rings. The number of hydrogen-bond acceptors (Lipinski definition) is 1. The Bertz CT molecular complexity index is 947. The lowest BCUT2D eigenvalue weighted by Crippen LogP contribution is -3.00. The molecule has 0 atom stereocenters. The van der Waals surface area contributed by atoms with Crippen LogP contribution in [0.15, 0.2) is 91.0 Å². The van der Waals surface area contributed by atoms with Gasteiger partial charge in [0.2, 0.25) is 0 Å². The van der Waals surface area contributed by atoms with Crippen molar-refractivity contribution in [1.82, 2.24) is 0 Å². The van der Waals surface area contributed by atoms with E-state index >= 15 is 0 Å². The van der Waals surface area contributed by atoms with E-state index < -0.39 is 5.60 Å². The predicted molar refractivity (Wildman–Crippen MR) is 120 cm³/mol. The van der Waals surface area contributed by atoms with Crippen LogP contribution in [0.25, 0.3) is 0 Å². The van der Waals surface area contributed by atoms with Crippen molar-refractivity contribution in [1.29, 1.82) is 0 Å². The molecule has 0 saturated heterocycles. The zero-order chi connectivity index (χ0) is 21.0. The van der Waals surface area contributed by atoms with Crippen molar-refractivity contribution in [3.05, 3.63) is 108 Å². The molecule has 0 amide bonds. The molecule has 30 heavy (non-hydrogen) atoms. The highest BCUT2D eigenvalue weighted by Crippen LogP contribution is 2.30. The number of rotatable bonds is 5. The topological polar surface area (TPSA) is 20.2 Å². The van der Waals surface area contributed by atoms with E-state index in [1.165, 1.54) is 5.56 Å². The Kier molecular flexibility index (Phi) is 7.50. The van der Waals surface area contributed by atoms with Gasteiger partial charge in [-0.3, -0.25) is 0 Å². The predicted octanol–water partition coefficient (Wildman–Crippen LogP) is 1.99. The normalized spacial score (nSPS) is 11.8. The minimum absolute atomic E-state index is 0. The molecule has 3 heteroatoms. The first kappa shape index (κ1) is 23.7. The maximum atomic E-state index is 11.7. The van der Waals surface area contributed by atoms with E-state index in [1.807, 2.05) is 66.7 Å². The third kappa shape index (κ3) is 5.12. The van der Waals surface area contributed by atoms with Gasteiger partial charge in [0.25, 0.3) is 0 Å². The molecule has 0 aromatic heterocycles. The van der Waals surface area contributed by atoms with Crippen molar-refractivity contribution >= 4 is 0 Å². The Labute approximate surface area is 187 Å². The van der Waals surface area contributed by atoms with Crippen LogP contribution in [0.3, 0.4) is 0 Å². The van der Waals surface area contributed by atoms with Gasteiger partial charge >= 0.3 is 0 Å². The quantitative estimate of drug-likeness (QED) is 0.495. The van der Waals surface area contributed by atoms with Gasteiger partial charge in [0.1, 0.15) is 6.54 Å². The third-order valence-electron chi connectivity index (χ3n) is 5.87. The Morgan fingerprint density at radius 1 is 0.700 bits per heavy atom. The molecule has 3 aromatic carbocycles. The maximum Gasteiger partial charge on any atom is 0.177 e. The molecule has 3 rings (SSSR count). The van der Waals surface area contributed by atoms with E-state index in [9.17, 15) is 5.11 Å². The van der Waals surface area contributed by atoms with Gasteiger partial charge in [0.05, 0.1) is 14.1 Å². The molecule has 0 aliphatic heterocycles. The summed E-state index contributed by atoms with van der Waals surface area (Å²) in [4.78, 5) is 0. The number of quaternary nitrogens is 1. The summed E-state index contributed by atoms with van der Waals surface area (Å²) in [7, 11) is 4.37. The first-order valence-corrected chi connectivity index (χ1v) is 9.99. The zero-order valence-electron chi connectivity index (χ0n) is 18.1. The SMILES string of the molecule is CC(C)(C#CC(O)(c1ccccc1)c1ccccc1)[N+](C)(C)Cc1ccccc1.[Cl-]. The summed E-state index contributed by atoms with van der Waals surface area (Å²) in [6.07, 6.45) is 0. The van der Waals surface area contributed by atoms with Crippen molar-refractivity contribution in [3.8, 4) is 11.8 Å². The summed E-state index contributed by atoms with van der Waals surface area (Å²) < 4.78 is 0.684. The van der Waals surface area contributed by atoms with Gasteiger partial charge in [-0.15, -0.1) is 0 Å². The minimum atomic E-state index is -1.35. The van der Waals surface area contributed by atoms with Gasteiger partial charge in [-0.05, 0) is 5.92 Å². The van der Waals surface area contributed by atoms with E-state index in [1.54, 1.807) is 0 Å². The van der Waals surface area contributed by atoms with Crippen molar-refractivity contribution < 1.29 is 22.0 Å². The molecule has 3 aromatic rings. The van der Waals surface area contributed by atoms with Crippen LogP contribution in [0.2, 0.25) is 0 Å². The fraction of sp³-hybridized carbons (Fsp3) is 0.259. The lowest BCUT2D eigenvalue weighted by atomic mass is 9.85. The van der Waals surface area contributed by atoms with Crippen molar-refractivity contribution in [2.45, 2.75) is 31.5 Å². The highest BCUT2D eigenvalue weighted by molar-refractivity contribution is 5.45. The van der Waals surface area contributed by atoms with Crippen LogP contribution in [0.4, 0.5) is 0 Å². The third-order valence-corrected chi connectivity index (χ3v) is 5.87. The van der Waals surface area contributed by atoms with Gasteiger partial charge in [-0.2, -0.15) is 0 Å².